The molecule has 0 spiro atoms. The summed E-state index contributed by atoms with van der Waals surface area (Å²) in [6.07, 6.45) is 0. The molecule has 17 heavy (non-hydrogen) atoms. The van der Waals surface area contributed by atoms with Gasteiger partial charge in [-0.3, -0.25) is 4.90 Å². The van der Waals surface area contributed by atoms with Gasteiger partial charge >= 0.3 is 0 Å². The van der Waals surface area contributed by atoms with Crippen molar-refractivity contribution in [1.82, 2.24) is 10.2 Å². The van der Waals surface area contributed by atoms with Gasteiger partial charge in [-0.1, -0.05) is 0 Å². The summed E-state index contributed by atoms with van der Waals surface area (Å²) in [4.78, 5) is 2.45. The highest BCUT2D eigenvalue weighted by Crippen LogP contribution is 2.32. The molecule has 1 saturated heterocycles. The summed E-state index contributed by atoms with van der Waals surface area (Å²) < 4.78 is 0.827. The third-order valence-corrected chi connectivity index (χ3v) is 4.43. The Kier molecular flexibility index (Phi) is 4.07. The van der Waals surface area contributed by atoms with Gasteiger partial charge in [-0.25, -0.2) is 0 Å². The van der Waals surface area contributed by atoms with E-state index in [-0.39, 0.29) is 0 Å². The van der Waals surface area contributed by atoms with Crippen molar-refractivity contribution in [3.05, 3.63) is 27.2 Å². The molecular weight excluding hydrogens is 280 g/mol. The lowest BCUT2D eigenvalue weighted by Crippen LogP contribution is -2.43. The van der Waals surface area contributed by atoms with Crippen molar-refractivity contribution in [1.29, 1.82) is 0 Å². The number of rotatable bonds is 2. The predicted molar refractivity (Wildman–Crippen MR) is 73.4 cm³/mol. The van der Waals surface area contributed by atoms with Gasteiger partial charge in [0.05, 0.1) is 4.47 Å². The Balaban J connectivity index is 2.22. The van der Waals surface area contributed by atoms with Gasteiger partial charge in [0, 0.05) is 32.7 Å². The Hall–Kier alpha value is -0.580. The van der Waals surface area contributed by atoms with E-state index in [9.17, 15) is 5.11 Å². The number of aryl methyl sites for hydroxylation is 1. The SMILES string of the molecule is Cc1cc(O)c(Br)c(C)c1CN1CCNCC1. The number of piperazine rings is 1. The van der Waals surface area contributed by atoms with E-state index in [1.807, 2.05) is 6.07 Å². The zero-order chi connectivity index (χ0) is 12.4. The first-order valence-corrected chi connectivity index (χ1v) is 6.79. The fourth-order valence-electron chi connectivity index (χ4n) is 2.31. The van der Waals surface area contributed by atoms with Gasteiger partial charge in [0.1, 0.15) is 5.75 Å². The Morgan fingerprint density at radius 1 is 1.35 bits per heavy atom. The maximum Gasteiger partial charge on any atom is 0.130 e. The Morgan fingerprint density at radius 2 is 2.00 bits per heavy atom. The van der Waals surface area contributed by atoms with Crippen LogP contribution in [-0.2, 0) is 6.54 Å². The summed E-state index contributed by atoms with van der Waals surface area (Å²) in [5.41, 5.74) is 3.65. The van der Waals surface area contributed by atoms with Crippen molar-refractivity contribution in [2.45, 2.75) is 20.4 Å². The van der Waals surface area contributed by atoms with Crippen LogP contribution in [0.3, 0.4) is 0 Å². The molecule has 2 N–H and O–H groups in total. The number of halogens is 1. The molecule has 94 valence electrons. The van der Waals surface area contributed by atoms with Gasteiger partial charge in [-0.05, 0) is 52.5 Å². The first-order valence-electron chi connectivity index (χ1n) is 6.00. The molecule has 0 aliphatic carbocycles. The van der Waals surface area contributed by atoms with E-state index in [0.29, 0.717) is 5.75 Å². The van der Waals surface area contributed by atoms with Crippen LogP contribution in [0.25, 0.3) is 0 Å². The molecule has 1 heterocycles. The molecule has 0 saturated carbocycles. The van der Waals surface area contributed by atoms with Crippen LogP contribution >= 0.6 is 15.9 Å². The lowest BCUT2D eigenvalue weighted by molar-refractivity contribution is 0.232. The van der Waals surface area contributed by atoms with Gasteiger partial charge in [0.15, 0.2) is 0 Å². The highest BCUT2D eigenvalue weighted by atomic mass is 79.9. The smallest absolute Gasteiger partial charge is 0.130 e. The number of hydrogen-bond donors (Lipinski definition) is 2. The largest absolute Gasteiger partial charge is 0.507 e. The highest BCUT2D eigenvalue weighted by Gasteiger charge is 2.15. The first-order chi connectivity index (χ1) is 8.09. The molecular formula is C13H19BrN2O. The maximum absolute atomic E-state index is 9.74. The molecule has 1 fully saturated rings. The average Bonchev–Trinajstić information content (AvgIpc) is 2.33. The van der Waals surface area contributed by atoms with Crippen molar-refractivity contribution >= 4 is 15.9 Å². The van der Waals surface area contributed by atoms with E-state index >= 15 is 0 Å². The highest BCUT2D eigenvalue weighted by molar-refractivity contribution is 9.10. The van der Waals surface area contributed by atoms with Crippen LogP contribution in [0.15, 0.2) is 10.5 Å². The Bertz CT molecular complexity index is 414. The molecule has 1 aromatic carbocycles. The number of phenolic OH excluding ortho intramolecular Hbond substituents is 1. The lowest BCUT2D eigenvalue weighted by Gasteiger charge is -2.28. The normalized spacial score (nSPS) is 17.4. The van der Waals surface area contributed by atoms with Crippen molar-refractivity contribution in [3.8, 4) is 5.75 Å². The average molecular weight is 299 g/mol. The third-order valence-electron chi connectivity index (χ3n) is 3.43. The van der Waals surface area contributed by atoms with Gasteiger partial charge in [0.25, 0.3) is 0 Å². The van der Waals surface area contributed by atoms with Gasteiger partial charge in [-0.2, -0.15) is 0 Å². The van der Waals surface area contributed by atoms with E-state index in [2.05, 4.69) is 40.0 Å². The monoisotopic (exact) mass is 298 g/mol. The molecule has 3 nitrogen and oxygen atoms in total. The van der Waals surface area contributed by atoms with E-state index in [0.717, 1.165) is 42.8 Å². The quantitative estimate of drug-likeness (QED) is 0.878. The van der Waals surface area contributed by atoms with Crippen molar-refractivity contribution < 1.29 is 5.11 Å². The fraction of sp³-hybridized carbons (Fsp3) is 0.538. The maximum atomic E-state index is 9.74. The summed E-state index contributed by atoms with van der Waals surface area (Å²) in [7, 11) is 0. The minimum absolute atomic E-state index is 0.337. The van der Waals surface area contributed by atoms with E-state index < -0.39 is 0 Å². The van der Waals surface area contributed by atoms with Gasteiger partial charge < -0.3 is 10.4 Å². The first kappa shape index (κ1) is 12.9. The van der Waals surface area contributed by atoms with Crippen molar-refractivity contribution in [3.63, 3.8) is 0 Å². The number of hydrogen-bond acceptors (Lipinski definition) is 3. The minimum atomic E-state index is 0.337. The van der Waals surface area contributed by atoms with Crippen LogP contribution in [0.2, 0.25) is 0 Å². The van der Waals surface area contributed by atoms with E-state index in [4.69, 9.17) is 0 Å². The van der Waals surface area contributed by atoms with Crippen LogP contribution in [-0.4, -0.2) is 36.2 Å². The summed E-state index contributed by atoms with van der Waals surface area (Å²) >= 11 is 3.45. The number of nitrogens with one attached hydrogen (secondary N) is 1. The zero-order valence-electron chi connectivity index (χ0n) is 10.4. The second kappa shape index (κ2) is 5.38. The molecule has 0 aromatic heterocycles. The number of phenols is 1. The second-order valence-electron chi connectivity index (χ2n) is 4.66. The molecule has 0 radical (unpaired) electrons. The van der Waals surface area contributed by atoms with E-state index in [1.54, 1.807) is 0 Å². The molecule has 2 rings (SSSR count). The van der Waals surface area contributed by atoms with Crippen LogP contribution in [0.1, 0.15) is 16.7 Å². The number of benzene rings is 1. The molecule has 0 atom stereocenters. The Labute approximate surface area is 111 Å². The van der Waals surface area contributed by atoms with Crippen LogP contribution in [0, 0.1) is 13.8 Å². The number of aromatic hydroxyl groups is 1. The molecule has 1 aromatic rings. The standard InChI is InChI=1S/C13H19BrN2O/c1-9-7-12(17)13(14)10(2)11(9)8-16-5-3-15-4-6-16/h7,15,17H,3-6,8H2,1-2H3. The zero-order valence-corrected chi connectivity index (χ0v) is 12.0. The van der Waals surface area contributed by atoms with Crippen LogP contribution in [0.5, 0.6) is 5.75 Å². The molecule has 4 heteroatoms. The number of nitrogens with zero attached hydrogens (tertiary/aromatic N) is 1. The lowest BCUT2D eigenvalue weighted by atomic mass is 10.0. The summed E-state index contributed by atoms with van der Waals surface area (Å²) in [6, 6.07) is 1.84. The van der Waals surface area contributed by atoms with Crippen molar-refractivity contribution in [2.24, 2.45) is 0 Å². The van der Waals surface area contributed by atoms with Gasteiger partial charge in [0.2, 0.25) is 0 Å². The van der Waals surface area contributed by atoms with Crippen LogP contribution < -0.4 is 5.32 Å². The summed E-state index contributed by atoms with van der Waals surface area (Å²) in [5.74, 6) is 0.337. The fourth-order valence-corrected chi connectivity index (χ4v) is 2.67. The predicted octanol–water partition coefficient (Wildman–Crippen LogP) is 2.18. The molecule has 1 aliphatic heterocycles. The third kappa shape index (κ3) is 2.81. The molecule has 1 aliphatic rings. The minimum Gasteiger partial charge on any atom is -0.507 e. The topological polar surface area (TPSA) is 35.5 Å². The van der Waals surface area contributed by atoms with Crippen LogP contribution in [0.4, 0.5) is 0 Å². The molecule has 0 unspecified atom stereocenters. The summed E-state index contributed by atoms with van der Waals surface area (Å²) in [5, 5.41) is 13.1. The molecule has 0 bridgehead atoms. The van der Waals surface area contributed by atoms with Gasteiger partial charge in [-0.15, -0.1) is 0 Å². The molecule has 0 amide bonds. The van der Waals surface area contributed by atoms with E-state index in [1.165, 1.54) is 11.1 Å². The second-order valence-corrected chi connectivity index (χ2v) is 5.45. The van der Waals surface area contributed by atoms with Crippen molar-refractivity contribution in [2.75, 3.05) is 26.2 Å². The Morgan fingerprint density at radius 3 is 2.65 bits per heavy atom. The summed E-state index contributed by atoms with van der Waals surface area (Å²) in [6.45, 7) is 9.42.